The number of nitrogens with zero attached hydrogens (tertiary/aromatic N) is 1. The van der Waals surface area contributed by atoms with Crippen LogP contribution in [-0.4, -0.2) is 56.1 Å². The second-order valence-corrected chi connectivity index (χ2v) is 7.89. The molecule has 1 aromatic carbocycles. The maximum Gasteiger partial charge on any atom is 0.267 e. The number of rotatable bonds is 8. The predicted molar refractivity (Wildman–Crippen MR) is 116 cm³/mol. The molecule has 0 aliphatic carbocycles. The quantitative estimate of drug-likeness (QED) is 0.516. The Hall–Kier alpha value is -2.48. The average molecular weight is 414 g/mol. The Kier molecular flexibility index (Phi) is 7.98. The summed E-state index contributed by atoms with van der Waals surface area (Å²) in [6.07, 6.45) is 2.57. The molecular weight excluding hydrogens is 386 g/mol. The van der Waals surface area contributed by atoms with Gasteiger partial charge in [-0.2, -0.15) is 0 Å². The van der Waals surface area contributed by atoms with Crippen molar-refractivity contribution < 1.29 is 14.3 Å². The number of carbonyl (C=O) groups excluding carboxylic acids is 2. The number of amides is 2. The number of hydrogen-bond donors (Lipinski definition) is 2. The molecule has 2 aromatic rings. The van der Waals surface area contributed by atoms with E-state index in [1.54, 1.807) is 12.1 Å². The number of nitrogens with one attached hydrogen (secondary N) is 2. The zero-order valence-electron chi connectivity index (χ0n) is 16.6. The zero-order chi connectivity index (χ0) is 20.5. The Labute approximate surface area is 175 Å². The highest BCUT2D eigenvalue weighted by Gasteiger charge is 2.16. The van der Waals surface area contributed by atoms with Gasteiger partial charge in [-0.25, -0.2) is 0 Å². The molecule has 1 aromatic heterocycles. The second kappa shape index (κ2) is 10.9. The highest BCUT2D eigenvalue weighted by Crippen LogP contribution is 2.14. The molecule has 2 N–H and O–H groups in total. The molecule has 1 aliphatic rings. The first-order valence-electron chi connectivity index (χ1n) is 9.84. The summed E-state index contributed by atoms with van der Waals surface area (Å²) in [5, 5.41) is 7.66. The van der Waals surface area contributed by atoms with Crippen molar-refractivity contribution in [1.29, 1.82) is 0 Å². The zero-order valence-corrected chi connectivity index (χ0v) is 17.5. The lowest BCUT2D eigenvalue weighted by Crippen LogP contribution is -2.39. The van der Waals surface area contributed by atoms with Crippen LogP contribution < -0.4 is 10.6 Å². The van der Waals surface area contributed by atoms with Gasteiger partial charge in [-0.05, 0) is 49.0 Å². The van der Waals surface area contributed by atoms with E-state index >= 15 is 0 Å². The lowest BCUT2D eigenvalue weighted by Gasteiger charge is -2.26. The average Bonchev–Trinajstić information content (AvgIpc) is 3.25. The summed E-state index contributed by atoms with van der Waals surface area (Å²) in [5.74, 6) is -0.559. The Bertz CT molecular complexity index is 843. The molecule has 2 heterocycles. The summed E-state index contributed by atoms with van der Waals surface area (Å²) >= 11 is 1.52. The summed E-state index contributed by atoms with van der Waals surface area (Å²) < 4.78 is 5.35. The van der Waals surface area contributed by atoms with Gasteiger partial charge in [-0.1, -0.05) is 24.3 Å². The monoisotopic (exact) mass is 413 g/mol. The SMILES string of the molecule is Cc1ccccc1C(=O)N/C(=C\c1cccs1)C(=O)NCCCN1CCOCC1. The maximum atomic E-state index is 12.7. The van der Waals surface area contributed by atoms with Gasteiger partial charge in [0.1, 0.15) is 5.70 Å². The van der Waals surface area contributed by atoms with Crippen LogP contribution in [0.4, 0.5) is 0 Å². The molecular formula is C22H27N3O3S. The van der Waals surface area contributed by atoms with E-state index in [1.165, 1.54) is 11.3 Å². The number of aryl methyl sites for hydroxylation is 1. The predicted octanol–water partition coefficient (Wildman–Crippen LogP) is 2.67. The first-order valence-corrected chi connectivity index (χ1v) is 10.7. The summed E-state index contributed by atoms with van der Waals surface area (Å²) in [4.78, 5) is 28.7. The van der Waals surface area contributed by atoms with Crippen LogP contribution in [0.25, 0.3) is 6.08 Å². The summed E-state index contributed by atoms with van der Waals surface area (Å²) in [6.45, 7) is 6.76. The molecule has 0 unspecified atom stereocenters. The number of hydrogen-bond acceptors (Lipinski definition) is 5. The van der Waals surface area contributed by atoms with Gasteiger partial charge in [0.25, 0.3) is 11.8 Å². The molecule has 0 saturated carbocycles. The van der Waals surface area contributed by atoms with Crippen molar-refractivity contribution in [2.75, 3.05) is 39.4 Å². The molecule has 2 amide bonds. The van der Waals surface area contributed by atoms with E-state index in [9.17, 15) is 9.59 Å². The minimum atomic E-state index is -0.283. The molecule has 1 saturated heterocycles. The molecule has 29 heavy (non-hydrogen) atoms. The van der Waals surface area contributed by atoms with Crippen LogP contribution in [0.15, 0.2) is 47.5 Å². The van der Waals surface area contributed by atoms with Crippen molar-refractivity contribution in [3.8, 4) is 0 Å². The van der Waals surface area contributed by atoms with Gasteiger partial charge in [0.15, 0.2) is 0 Å². The Morgan fingerprint density at radius 2 is 1.97 bits per heavy atom. The number of benzene rings is 1. The molecule has 1 aliphatic heterocycles. The Morgan fingerprint density at radius 3 is 2.69 bits per heavy atom. The van der Waals surface area contributed by atoms with E-state index < -0.39 is 0 Å². The third kappa shape index (κ3) is 6.52. The molecule has 0 bridgehead atoms. The fourth-order valence-corrected chi connectivity index (χ4v) is 3.77. The van der Waals surface area contributed by atoms with E-state index in [4.69, 9.17) is 4.74 Å². The largest absolute Gasteiger partial charge is 0.379 e. The van der Waals surface area contributed by atoms with Crippen molar-refractivity contribution >= 4 is 29.2 Å². The van der Waals surface area contributed by atoms with Crippen LogP contribution in [0.3, 0.4) is 0 Å². The second-order valence-electron chi connectivity index (χ2n) is 6.91. The normalized spacial score (nSPS) is 15.1. The fraction of sp³-hybridized carbons (Fsp3) is 0.364. The van der Waals surface area contributed by atoms with Crippen molar-refractivity contribution in [2.24, 2.45) is 0 Å². The Balaban J connectivity index is 1.60. The molecule has 3 rings (SSSR count). The van der Waals surface area contributed by atoms with Gasteiger partial charge >= 0.3 is 0 Å². The van der Waals surface area contributed by atoms with E-state index in [-0.39, 0.29) is 17.5 Å². The van der Waals surface area contributed by atoms with Crippen molar-refractivity contribution in [1.82, 2.24) is 15.5 Å². The van der Waals surface area contributed by atoms with E-state index in [0.717, 1.165) is 49.7 Å². The minimum Gasteiger partial charge on any atom is -0.379 e. The highest BCUT2D eigenvalue weighted by molar-refractivity contribution is 7.10. The minimum absolute atomic E-state index is 0.257. The number of thiophene rings is 1. The molecule has 0 radical (unpaired) electrons. The summed E-state index contributed by atoms with van der Waals surface area (Å²) in [7, 11) is 0. The van der Waals surface area contributed by atoms with Crippen LogP contribution in [0.1, 0.15) is 27.2 Å². The van der Waals surface area contributed by atoms with Gasteiger partial charge in [0.05, 0.1) is 13.2 Å². The topological polar surface area (TPSA) is 70.7 Å². The third-order valence-electron chi connectivity index (χ3n) is 4.75. The van der Waals surface area contributed by atoms with Gasteiger partial charge in [0, 0.05) is 30.1 Å². The smallest absolute Gasteiger partial charge is 0.267 e. The fourth-order valence-electron chi connectivity index (χ4n) is 3.12. The summed E-state index contributed by atoms with van der Waals surface area (Å²) in [6, 6.07) is 11.2. The van der Waals surface area contributed by atoms with Crippen molar-refractivity contribution in [3.05, 3.63) is 63.5 Å². The first kappa shape index (κ1) is 21.2. The first-order chi connectivity index (χ1) is 14.1. The molecule has 154 valence electrons. The van der Waals surface area contributed by atoms with Gasteiger partial charge in [-0.15, -0.1) is 11.3 Å². The lowest BCUT2D eigenvalue weighted by molar-refractivity contribution is -0.117. The molecule has 7 heteroatoms. The van der Waals surface area contributed by atoms with Gasteiger partial charge < -0.3 is 15.4 Å². The van der Waals surface area contributed by atoms with Crippen LogP contribution in [0.5, 0.6) is 0 Å². The number of morpholine rings is 1. The van der Waals surface area contributed by atoms with Crippen LogP contribution >= 0.6 is 11.3 Å². The van der Waals surface area contributed by atoms with E-state index in [2.05, 4.69) is 15.5 Å². The molecule has 0 atom stereocenters. The van der Waals surface area contributed by atoms with Crippen molar-refractivity contribution in [3.63, 3.8) is 0 Å². The molecule has 6 nitrogen and oxygen atoms in total. The standard InChI is InChI=1S/C22H27N3O3S/c1-17-6-2-3-8-19(17)21(26)24-20(16-18-7-4-15-29-18)22(27)23-9-5-10-25-11-13-28-14-12-25/h2-4,6-8,15-16H,5,9-14H2,1H3,(H,23,27)(H,24,26)/b20-16-. The molecule has 1 fully saturated rings. The lowest BCUT2D eigenvalue weighted by atomic mass is 10.1. The van der Waals surface area contributed by atoms with Crippen LogP contribution in [0.2, 0.25) is 0 Å². The van der Waals surface area contributed by atoms with E-state index in [0.29, 0.717) is 12.1 Å². The van der Waals surface area contributed by atoms with Gasteiger partial charge in [0.2, 0.25) is 0 Å². The maximum absolute atomic E-state index is 12.7. The third-order valence-corrected chi connectivity index (χ3v) is 5.57. The summed E-state index contributed by atoms with van der Waals surface area (Å²) in [5.41, 5.74) is 1.68. The number of carbonyl (C=O) groups is 2. The van der Waals surface area contributed by atoms with E-state index in [1.807, 2.05) is 42.6 Å². The number of ether oxygens (including phenoxy) is 1. The van der Waals surface area contributed by atoms with Gasteiger partial charge in [-0.3, -0.25) is 14.5 Å². The highest BCUT2D eigenvalue weighted by atomic mass is 32.1. The van der Waals surface area contributed by atoms with Crippen LogP contribution in [0, 0.1) is 6.92 Å². The molecule has 0 spiro atoms. The van der Waals surface area contributed by atoms with Crippen LogP contribution in [-0.2, 0) is 9.53 Å². The van der Waals surface area contributed by atoms with Crippen molar-refractivity contribution in [2.45, 2.75) is 13.3 Å². The Morgan fingerprint density at radius 1 is 1.17 bits per heavy atom.